The lowest BCUT2D eigenvalue weighted by Gasteiger charge is -2.21. The lowest BCUT2D eigenvalue weighted by atomic mass is 10.0. The van der Waals surface area contributed by atoms with Crippen LogP contribution in [0.25, 0.3) is 0 Å². The molecule has 4 nitrogen and oxygen atoms in total. The van der Waals surface area contributed by atoms with Crippen molar-refractivity contribution in [3.8, 4) is 11.5 Å². The zero-order valence-corrected chi connectivity index (χ0v) is 14.7. The molecule has 0 unspecified atom stereocenters. The van der Waals surface area contributed by atoms with Crippen molar-refractivity contribution in [1.29, 1.82) is 0 Å². The van der Waals surface area contributed by atoms with Gasteiger partial charge in [-0.25, -0.2) is 4.39 Å². The van der Waals surface area contributed by atoms with Gasteiger partial charge in [0.2, 0.25) is 0 Å². The van der Waals surface area contributed by atoms with Crippen molar-refractivity contribution in [1.82, 2.24) is 5.32 Å². The van der Waals surface area contributed by atoms with Gasteiger partial charge in [0.05, 0.1) is 20.3 Å². The highest BCUT2D eigenvalue weighted by Gasteiger charge is 2.14. The Balaban J connectivity index is 2.08. The van der Waals surface area contributed by atoms with E-state index in [2.05, 4.69) is 17.6 Å². The first-order chi connectivity index (χ1) is 11.6. The molecule has 0 fully saturated rings. The predicted octanol–water partition coefficient (Wildman–Crippen LogP) is 4.28. The van der Waals surface area contributed by atoms with Crippen LogP contribution in [0.3, 0.4) is 0 Å². The normalized spacial score (nSPS) is 11.5. The van der Waals surface area contributed by atoms with Crippen LogP contribution in [0.2, 0.25) is 0 Å². The summed E-state index contributed by atoms with van der Waals surface area (Å²) in [6, 6.07) is 11.8. The van der Waals surface area contributed by atoms with Gasteiger partial charge in [-0.3, -0.25) is 0 Å². The third kappa shape index (κ3) is 4.58. The largest absolute Gasteiger partial charge is 0.493 e. The maximum absolute atomic E-state index is 12.9. The monoisotopic (exact) mass is 348 g/mol. The van der Waals surface area contributed by atoms with Crippen molar-refractivity contribution in [2.75, 3.05) is 19.5 Å². The van der Waals surface area contributed by atoms with Crippen molar-refractivity contribution in [3.63, 3.8) is 0 Å². The van der Waals surface area contributed by atoms with Gasteiger partial charge in [-0.15, -0.1) is 0 Å². The van der Waals surface area contributed by atoms with Gasteiger partial charge in [0.1, 0.15) is 5.82 Å². The van der Waals surface area contributed by atoms with Crippen molar-refractivity contribution in [3.05, 3.63) is 53.8 Å². The summed E-state index contributed by atoms with van der Waals surface area (Å²) in [7, 11) is 3.21. The number of benzene rings is 2. The molecule has 0 aliphatic rings. The molecular formula is C18H21FN2O2S. The van der Waals surface area contributed by atoms with Crippen molar-refractivity contribution in [2.24, 2.45) is 0 Å². The lowest BCUT2D eigenvalue weighted by Crippen LogP contribution is -2.32. The molecule has 0 bridgehead atoms. The van der Waals surface area contributed by atoms with Crippen LogP contribution in [0.1, 0.15) is 24.9 Å². The summed E-state index contributed by atoms with van der Waals surface area (Å²) in [5, 5.41) is 6.79. The minimum atomic E-state index is -0.281. The molecule has 0 aromatic heterocycles. The highest BCUT2D eigenvalue weighted by molar-refractivity contribution is 7.80. The summed E-state index contributed by atoms with van der Waals surface area (Å²) >= 11 is 5.35. The predicted molar refractivity (Wildman–Crippen MR) is 98.3 cm³/mol. The average Bonchev–Trinajstić information content (AvgIpc) is 2.61. The van der Waals surface area contributed by atoms with Gasteiger partial charge < -0.3 is 20.1 Å². The van der Waals surface area contributed by atoms with E-state index in [4.69, 9.17) is 21.7 Å². The fraction of sp³-hybridized carbons (Fsp3) is 0.278. The van der Waals surface area contributed by atoms with Gasteiger partial charge in [-0.05, 0) is 60.6 Å². The number of thiocarbonyl (C=S) groups is 1. The highest BCUT2D eigenvalue weighted by atomic mass is 32.1. The number of hydrogen-bond donors (Lipinski definition) is 2. The summed E-state index contributed by atoms with van der Waals surface area (Å²) in [4.78, 5) is 0. The second-order valence-electron chi connectivity index (χ2n) is 5.18. The maximum Gasteiger partial charge on any atom is 0.171 e. The Hall–Kier alpha value is -2.34. The molecule has 128 valence electrons. The van der Waals surface area contributed by atoms with E-state index in [1.165, 1.54) is 12.1 Å². The molecule has 2 aromatic rings. The summed E-state index contributed by atoms with van der Waals surface area (Å²) < 4.78 is 23.6. The minimum Gasteiger partial charge on any atom is -0.493 e. The molecule has 0 aliphatic carbocycles. The first kappa shape index (κ1) is 18.0. The average molecular weight is 348 g/mol. The van der Waals surface area contributed by atoms with Crippen molar-refractivity contribution >= 4 is 23.0 Å². The molecule has 0 radical (unpaired) electrons. The van der Waals surface area contributed by atoms with Gasteiger partial charge in [-0.1, -0.05) is 13.0 Å². The second-order valence-corrected chi connectivity index (χ2v) is 5.59. The zero-order valence-electron chi connectivity index (χ0n) is 13.9. The van der Waals surface area contributed by atoms with E-state index in [0.29, 0.717) is 16.6 Å². The van der Waals surface area contributed by atoms with Crippen LogP contribution in [0.5, 0.6) is 11.5 Å². The van der Waals surface area contributed by atoms with Crippen LogP contribution in [0.15, 0.2) is 42.5 Å². The lowest BCUT2D eigenvalue weighted by molar-refractivity contribution is 0.354. The quantitative estimate of drug-likeness (QED) is 0.763. The number of ether oxygens (including phenoxy) is 2. The van der Waals surface area contributed by atoms with Crippen molar-refractivity contribution < 1.29 is 13.9 Å². The van der Waals surface area contributed by atoms with Crippen molar-refractivity contribution in [2.45, 2.75) is 19.4 Å². The van der Waals surface area contributed by atoms with Gasteiger partial charge >= 0.3 is 0 Å². The summed E-state index contributed by atoms with van der Waals surface area (Å²) in [6.45, 7) is 2.06. The van der Waals surface area contributed by atoms with E-state index < -0.39 is 0 Å². The number of halogens is 1. The van der Waals surface area contributed by atoms with E-state index in [1.54, 1.807) is 26.4 Å². The summed E-state index contributed by atoms with van der Waals surface area (Å²) in [5.41, 5.74) is 1.77. The molecule has 24 heavy (non-hydrogen) atoms. The third-order valence-electron chi connectivity index (χ3n) is 3.63. The molecule has 0 amide bonds. The molecule has 0 spiro atoms. The Bertz CT molecular complexity index is 692. The molecule has 2 N–H and O–H groups in total. The van der Waals surface area contributed by atoms with Gasteiger partial charge in [0.15, 0.2) is 16.6 Å². The molecule has 2 aromatic carbocycles. The Morgan fingerprint density at radius 3 is 2.33 bits per heavy atom. The zero-order chi connectivity index (χ0) is 17.5. The fourth-order valence-electron chi connectivity index (χ4n) is 2.35. The fourth-order valence-corrected chi connectivity index (χ4v) is 2.61. The van der Waals surface area contributed by atoms with Crippen LogP contribution in [-0.2, 0) is 0 Å². The summed E-state index contributed by atoms with van der Waals surface area (Å²) in [5.74, 6) is 1.08. The number of rotatable bonds is 6. The van der Waals surface area contributed by atoms with Gasteiger partial charge in [0.25, 0.3) is 0 Å². The first-order valence-electron chi connectivity index (χ1n) is 7.62. The molecule has 0 saturated carbocycles. The van der Waals surface area contributed by atoms with E-state index in [9.17, 15) is 4.39 Å². The van der Waals surface area contributed by atoms with Crippen LogP contribution >= 0.6 is 12.2 Å². The molecule has 1 atom stereocenters. The number of nitrogens with one attached hydrogen (secondary N) is 2. The Kier molecular flexibility index (Phi) is 6.37. The molecule has 2 rings (SSSR count). The van der Waals surface area contributed by atoms with Crippen LogP contribution < -0.4 is 20.1 Å². The smallest absolute Gasteiger partial charge is 0.171 e. The topological polar surface area (TPSA) is 42.5 Å². The molecule has 6 heteroatoms. The molecule has 0 saturated heterocycles. The van der Waals surface area contributed by atoms with Gasteiger partial charge in [0, 0.05) is 5.69 Å². The number of methoxy groups -OCH3 is 2. The van der Waals surface area contributed by atoms with Crippen LogP contribution in [0, 0.1) is 5.82 Å². The van der Waals surface area contributed by atoms with E-state index >= 15 is 0 Å². The minimum absolute atomic E-state index is 0.0188. The number of anilines is 1. The SMILES string of the molecule is CC[C@@H](NC(=S)Nc1ccc(F)cc1)c1ccc(OC)c(OC)c1. The van der Waals surface area contributed by atoms with E-state index in [1.807, 2.05) is 18.2 Å². The molecular weight excluding hydrogens is 327 g/mol. The van der Waals surface area contributed by atoms with E-state index in [0.717, 1.165) is 17.7 Å². The highest BCUT2D eigenvalue weighted by Crippen LogP contribution is 2.30. The molecule has 0 aliphatic heterocycles. The Labute approximate surface area is 147 Å². The Morgan fingerprint density at radius 2 is 1.75 bits per heavy atom. The maximum atomic E-state index is 12.9. The first-order valence-corrected chi connectivity index (χ1v) is 8.03. The van der Waals surface area contributed by atoms with Crippen LogP contribution in [0.4, 0.5) is 10.1 Å². The van der Waals surface area contributed by atoms with E-state index in [-0.39, 0.29) is 11.9 Å². The van der Waals surface area contributed by atoms with Crippen LogP contribution in [-0.4, -0.2) is 19.3 Å². The van der Waals surface area contributed by atoms with Gasteiger partial charge in [-0.2, -0.15) is 0 Å². The second kappa shape index (κ2) is 8.49. The summed E-state index contributed by atoms with van der Waals surface area (Å²) in [6.07, 6.45) is 0.834. The number of hydrogen-bond acceptors (Lipinski definition) is 3. The molecule has 0 heterocycles. The Morgan fingerprint density at radius 1 is 1.08 bits per heavy atom. The standard InChI is InChI=1S/C18H21FN2O2S/c1-4-15(12-5-10-16(22-2)17(11-12)23-3)21-18(24)20-14-8-6-13(19)7-9-14/h5-11,15H,4H2,1-3H3,(H2,20,21,24)/t15-/m1/s1. The third-order valence-corrected chi connectivity index (χ3v) is 3.85.